The Morgan fingerprint density at radius 2 is 1.40 bits per heavy atom. The van der Waals surface area contributed by atoms with E-state index in [4.69, 9.17) is 0 Å². The molecule has 0 nitrogen and oxygen atoms in total. The van der Waals surface area contributed by atoms with Crippen LogP contribution < -0.4 is 0 Å². The van der Waals surface area contributed by atoms with E-state index in [0.29, 0.717) is 0 Å². The van der Waals surface area contributed by atoms with E-state index in [2.05, 4.69) is 51.1 Å². The van der Waals surface area contributed by atoms with E-state index in [9.17, 15) is 0 Å². The molecule has 0 aliphatic heterocycles. The molecule has 0 amide bonds. The average Bonchev–Trinajstić information content (AvgIpc) is 2.29. The minimum Gasteiger partial charge on any atom is -0.0683 e. The van der Waals surface area contributed by atoms with Crippen LogP contribution in [0.15, 0.2) is 30.3 Å². The van der Waals surface area contributed by atoms with Gasteiger partial charge in [0.25, 0.3) is 0 Å². The Hall–Kier alpha value is -1.30. The number of fused-ring (bicyclic) bond motifs is 1. The first-order valence-corrected chi connectivity index (χ1v) is 5.65. The molecule has 80 valence electrons. The van der Waals surface area contributed by atoms with Gasteiger partial charge in [0, 0.05) is 0 Å². The molecule has 2 aromatic carbocycles. The topological polar surface area (TPSA) is 0 Å². The molecule has 0 bridgehead atoms. The van der Waals surface area contributed by atoms with Crippen molar-refractivity contribution in [2.75, 3.05) is 0 Å². The highest BCUT2D eigenvalue weighted by Crippen LogP contribution is 2.23. The molecule has 0 heterocycles. The molecule has 0 aromatic heterocycles. The maximum atomic E-state index is 2.26. The fraction of sp³-hybridized carbons (Fsp3) is 0.333. The molecule has 0 aliphatic carbocycles. The smallest absolute Gasteiger partial charge is 0.0152 e. The monoisotopic (exact) mass is 200 g/mol. The van der Waals surface area contributed by atoms with Gasteiger partial charge in [-0.1, -0.05) is 44.2 Å². The van der Waals surface area contributed by atoms with Crippen LogP contribution in [0, 0.1) is 20.8 Å². The van der Waals surface area contributed by atoms with Gasteiger partial charge in [-0.25, -0.2) is 0 Å². The average molecular weight is 200 g/mol. The van der Waals surface area contributed by atoms with Crippen molar-refractivity contribution in [1.29, 1.82) is 0 Å². The third-order valence-electron chi connectivity index (χ3n) is 2.89. The zero-order chi connectivity index (χ0) is 11.4. The summed E-state index contributed by atoms with van der Waals surface area (Å²) in [6.45, 7) is 10.6. The first kappa shape index (κ1) is 11.8. The SMILES string of the molecule is CC.Cc1cc2ccccc2c(C)c1C. The second kappa shape index (κ2) is 4.97. The van der Waals surface area contributed by atoms with E-state index < -0.39 is 0 Å². The van der Waals surface area contributed by atoms with Crippen LogP contribution in [0.2, 0.25) is 0 Å². The Kier molecular flexibility index (Phi) is 3.90. The van der Waals surface area contributed by atoms with Gasteiger partial charge in [0.2, 0.25) is 0 Å². The summed E-state index contributed by atoms with van der Waals surface area (Å²) in [6, 6.07) is 10.8. The number of hydrogen-bond acceptors (Lipinski definition) is 0. The van der Waals surface area contributed by atoms with Gasteiger partial charge in [0.05, 0.1) is 0 Å². The van der Waals surface area contributed by atoms with Crippen molar-refractivity contribution in [3.63, 3.8) is 0 Å². The van der Waals surface area contributed by atoms with Gasteiger partial charge in [-0.3, -0.25) is 0 Å². The molecule has 0 saturated carbocycles. The maximum absolute atomic E-state index is 2.26. The van der Waals surface area contributed by atoms with E-state index in [1.54, 1.807) is 0 Å². The quantitative estimate of drug-likeness (QED) is 0.573. The number of hydrogen-bond donors (Lipinski definition) is 0. The third-order valence-corrected chi connectivity index (χ3v) is 2.89. The van der Waals surface area contributed by atoms with E-state index in [1.165, 1.54) is 27.5 Å². The molecule has 0 heteroatoms. The zero-order valence-electron chi connectivity index (χ0n) is 10.4. The molecule has 2 rings (SSSR count). The van der Waals surface area contributed by atoms with Crippen molar-refractivity contribution in [2.45, 2.75) is 34.6 Å². The number of aryl methyl sites for hydroxylation is 2. The molecule has 0 radical (unpaired) electrons. The second-order valence-electron chi connectivity index (χ2n) is 3.66. The second-order valence-corrected chi connectivity index (χ2v) is 3.66. The van der Waals surface area contributed by atoms with E-state index in [0.717, 1.165) is 0 Å². The molecule has 0 spiro atoms. The van der Waals surface area contributed by atoms with Crippen molar-refractivity contribution in [2.24, 2.45) is 0 Å². The summed E-state index contributed by atoms with van der Waals surface area (Å²) in [5, 5.41) is 2.73. The van der Waals surface area contributed by atoms with Crippen LogP contribution in [0.5, 0.6) is 0 Å². The maximum Gasteiger partial charge on any atom is -0.0152 e. The fourth-order valence-electron chi connectivity index (χ4n) is 1.80. The summed E-state index contributed by atoms with van der Waals surface area (Å²) in [5.74, 6) is 0. The molecule has 0 unspecified atom stereocenters. The normalized spacial score (nSPS) is 9.67. The summed E-state index contributed by atoms with van der Waals surface area (Å²) >= 11 is 0. The van der Waals surface area contributed by atoms with Crippen LogP contribution >= 0.6 is 0 Å². The molecular weight excluding hydrogens is 180 g/mol. The lowest BCUT2D eigenvalue weighted by Gasteiger charge is -2.08. The van der Waals surface area contributed by atoms with E-state index in [-0.39, 0.29) is 0 Å². The van der Waals surface area contributed by atoms with Crippen LogP contribution in [0.25, 0.3) is 10.8 Å². The molecule has 0 fully saturated rings. The Bertz CT molecular complexity index is 453. The molecule has 0 saturated heterocycles. The highest BCUT2D eigenvalue weighted by atomic mass is 14.1. The Labute approximate surface area is 92.9 Å². The number of rotatable bonds is 0. The molecule has 2 aromatic rings. The Morgan fingerprint density at radius 1 is 0.800 bits per heavy atom. The van der Waals surface area contributed by atoms with Crippen LogP contribution in [0.4, 0.5) is 0 Å². The molecular formula is C15H20. The molecule has 0 N–H and O–H groups in total. The molecule has 15 heavy (non-hydrogen) atoms. The van der Waals surface area contributed by atoms with Crippen molar-refractivity contribution < 1.29 is 0 Å². The first-order valence-electron chi connectivity index (χ1n) is 5.65. The van der Waals surface area contributed by atoms with Gasteiger partial charge in [0.15, 0.2) is 0 Å². The highest BCUT2D eigenvalue weighted by Gasteiger charge is 2.01. The minimum absolute atomic E-state index is 1.35. The Morgan fingerprint density at radius 3 is 2.07 bits per heavy atom. The zero-order valence-corrected chi connectivity index (χ0v) is 10.4. The van der Waals surface area contributed by atoms with Gasteiger partial charge in [0.1, 0.15) is 0 Å². The third kappa shape index (κ3) is 2.20. The van der Waals surface area contributed by atoms with Crippen LogP contribution in [-0.2, 0) is 0 Å². The van der Waals surface area contributed by atoms with Gasteiger partial charge in [-0.05, 0) is 48.2 Å². The van der Waals surface area contributed by atoms with Crippen LogP contribution in [-0.4, -0.2) is 0 Å². The van der Waals surface area contributed by atoms with E-state index in [1.807, 2.05) is 13.8 Å². The van der Waals surface area contributed by atoms with Gasteiger partial charge < -0.3 is 0 Å². The minimum atomic E-state index is 1.35. The van der Waals surface area contributed by atoms with Gasteiger partial charge in [-0.15, -0.1) is 0 Å². The summed E-state index contributed by atoms with van der Waals surface area (Å²) in [5.41, 5.74) is 4.21. The van der Waals surface area contributed by atoms with Gasteiger partial charge in [-0.2, -0.15) is 0 Å². The van der Waals surface area contributed by atoms with Gasteiger partial charge >= 0.3 is 0 Å². The lowest BCUT2D eigenvalue weighted by atomic mass is 9.97. The Balaban J connectivity index is 0.000000531. The summed E-state index contributed by atoms with van der Waals surface area (Å²) in [6.07, 6.45) is 0. The highest BCUT2D eigenvalue weighted by molar-refractivity contribution is 5.87. The fourth-order valence-corrected chi connectivity index (χ4v) is 1.80. The number of benzene rings is 2. The van der Waals surface area contributed by atoms with Crippen molar-refractivity contribution in [1.82, 2.24) is 0 Å². The van der Waals surface area contributed by atoms with Crippen LogP contribution in [0.3, 0.4) is 0 Å². The van der Waals surface area contributed by atoms with Crippen molar-refractivity contribution in [3.05, 3.63) is 47.0 Å². The van der Waals surface area contributed by atoms with Crippen molar-refractivity contribution in [3.8, 4) is 0 Å². The predicted molar refractivity (Wildman–Crippen MR) is 69.5 cm³/mol. The van der Waals surface area contributed by atoms with Crippen molar-refractivity contribution >= 4 is 10.8 Å². The summed E-state index contributed by atoms with van der Waals surface area (Å²) in [7, 11) is 0. The van der Waals surface area contributed by atoms with E-state index >= 15 is 0 Å². The largest absolute Gasteiger partial charge is 0.0683 e. The summed E-state index contributed by atoms with van der Waals surface area (Å²) in [4.78, 5) is 0. The van der Waals surface area contributed by atoms with Crippen LogP contribution in [0.1, 0.15) is 30.5 Å². The first-order chi connectivity index (χ1) is 7.20. The molecule has 0 aliphatic rings. The lowest BCUT2D eigenvalue weighted by molar-refractivity contribution is 1.30. The predicted octanol–water partition coefficient (Wildman–Crippen LogP) is 4.79. The lowest BCUT2D eigenvalue weighted by Crippen LogP contribution is -1.87. The summed E-state index contributed by atoms with van der Waals surface area (Å²) < 4.78 is 0. The standard InChI is InChI=1S/C13H14.C2H6/c1-9-8-12-6-4-5-7-13(12)11(3)10(9)2;1-2/h4-8H,1-3H3;1-2H3. The molecule has 0 atom stereocenters.